The van der Waals surface area contributed by atoms with Crippen molar-refractivity contribution in [3.05, 3.63) is 44.9 Å². The summed E-state index contributed by atoms with van der Waals surface area (Å²) < 4.78 is 5.82. The molecule has 0 aliphatic rings. The quantitative estimate of drug-likeness (QED) is 0.921. The van der Waals surface area contributed by atoms with Crippen LogP contribution in [0.5, 0.6) is 5.75 Å². The van der Waals surface area contributed by atoms with Crippen LogP contribution in [0, 0.1) is 20.8 Å². The van der Waals surface area contributed by atoms with Gasteiger partial charge in [-0.05, 0) is 38.0 Å². The summed E-state index contributed by atoms with van der Waals surface area (Å²) in [4.78, 5) is 5.60. The number of hydrogen-bond acceptors (Lipinski definition) is 4. The lowest BCUT2D eigenvalue weighted by Gasteiger charge is -2.08. The van der Waals surface area contributed by atoms with Gasteiger partial charge in [-0.15, -0.1) is 11.3 Å². The first kappa shape index (κ1) is 13.1. The fourth-order valence-corrected chi connectivity index (χ4v) is 2.60. The van der Waals surface area contributed by atoms with Crippen molar-refractivity contribution in [2.75, 3.05) is 0 Å². The summed E-state index contributed by atoms with van der Waals surface area (Å²) >= 11 is 1.63. The van der Waals surface area contributed by atoms with Gasteiger partial charge in [0.15, 0.2) is 0 Å². The zero-order valence-electron chi connectivity index (χ0n) is 11.0. The Morgan fingerprint density at radius 1 is 1.28 bits per heavy atom. The normalized spacial score (nSPS) is 10.7. The Morgan fingerprint density at radius 3 is 2.72 bits per heavy atom. The number of aryl methyl sites for hydroxylation is 3. The predicted molar refractivity (Wildman–Crippen MR) is 75.0 cm³/mol. The SMILES string of the molecule is Cc1ccc(C)c(OCc2nc(C)c(CN)s2)c1. The molecule has 0 spiro atoms. The van der Waals surface area contributed by atoms with Crippen molar-refractivity contribution in [2.24, 2.45) is 5.73 Å². The van der Waals surface area contributed by atoms with E-state index in [1.165, 1.54) is 5.56 Å². The molecule has 1 aromatic heterocycles. The van der Waals surface area contributed by atoms with Gasteiger partial charge in [0, 0.05) is 11.4 Å². The third-order valence-electron chi connectivity index (χ3n) is 2.82. The third kappa shape index (κ3) is 2.89. The minimum absolute atomic E-state index is 0.510. The van der Waals surface area contributed by atoms with Crippen LogP contribution >= 0.6 is 11.3 Å². The number of benzene rings is 1. The van der Waals surface area contributed by atoms with Crippen molar-refractivity contribution >= 4 is 11.3 Å². The topological polar surface area (TPSA) is 48.1 Å². The fourth-order valence-electron chi connectivity index (χ4n) is 1.74. The molecule has 1 heterocycles. The summed E-state index contributed by atoms with van der Waals surface area (Å²) in [6.07, 6.45) is 0. The zero-order valence-corrected chi connectivity index (χ0v) is 11.8. The van der Waals surface area contributed by atoms with Crippen LogP contribution in [0.15, 0.2) is 18.2 Å². The molecule has 2 N–H and O–H groups in total. The highest BCUT2D eigenvalue weighted by molar-refractivity contribution is 7.11. The van der Waals surface area contributed by atoms with Gasteiger partial charge in [-0.1, -0.05) is 12.1 Å². The molecule has 2 rings (SSSR count). The van der Waals surface area contributed by atoms with Crippen LogP contribution in [0.25, 0.3) is 0 Å². The van der Waals surface area contributed by atoms with E-state index in [0.29, 0.717) is 13.2 Å². The van der Waals surface area contributed by atoms with Gasteiger partial charge in [-0.3, -0.25) is 0 Å². The molecule has 0 aliphatic heterocycles. The molecular formula is C14H18N2OS. The van der Waals surface area contributed by atoms with Gasteiger partial charge in [-0.25, -0.2) is 4.98 Å². The smallest absolute Gasteiger partial charge is 0.140 e. The number of nitrogens with zero attached hydrogens (tertiary/aromatic N) is 1. The first-order valence-corrected chi connectivity index (χ1v) is 6.77. The largest absolute Gasteiger partial charge is 0.486 e. The number of thiazole rings is 1. The van der Waals surface area contributed by atoms with Gasteiger partial charge in [0.1, 0.15) is 17.4 Å². The summed E-state index contributed by atoms with van der Waals surface area (Å²) in [5.41, 5.74) is 9.01. The number of ether oxygens (including phenoxy) is 1. The second-order valence-electron chi connectivity index (χ2n) is 4.38. The zero-order chi connectivity index (χ0) is 13.1. The Balaban J connectivity index is 2.08. The van der Waals surface area contributed by atoms with E-state index in [4.69, 9.17) is 10.5 Å². The Morgan fingerprint density at radius 2 is 2.06 bits per heavy atom. The van der Waals surface area contributed by atoms with Crippen LogP contribution in [0.1, 0.15) is 26.7 Å². The molecule has 96 valence electrons. The van der Waals surface area contributed by atoms with Gasteiger partial charge in [0.25, 0.3) is 0 Å². The second kappa shape index (κ2) is 5.50. The number of hydrogen-bond donors (Lipinski definition) is 1. The lowest BCUT2D eigenvalue weighted by molar-refractivity contribution is 0.303. The number of nitrogens with two attached hydrogens (primary N) is 1. The predicted octanol–water partition coefficient (Wildman–Crippen LogP) is 3.11. The standard InChI is InChI=1S/C14H18N2OS/c1-9-4-5-10(2)12(6-9)17-8-14-16-11(3)13(7-15)18-14/h4-6H,7-8,15H2,1-3H3. The van der Waals surface area contributed by atoms with Crippen LogP contribution in [-0.2, 0) is 13.2 Å². The summed E-state index contributed by atoms with van der Waals surface area (Å²) in [6.45, 7) is 7.16. The molecule has 3 nitrogen and oxygen atoms in total. The minimum atomic E-state index is 0.510. The molecule has 0 atom stereocenters. The molecule has 0 saturated heterocycles. The van der Waals surface area contributed by atoms with E-state index >= 15 is 0 Å². The van der Waals surface area contributed by atoms with Crippen molar-refractivity contribution in [2.45, 2.75) is 33.9 Å². The molecule has 0 aliphatic carbocycles. The molecule has 0 amide bonds. The fraction of sp³-hybridized carbons (Fsp3) is 0.357. The van der Waals surface area contributed by atoms with E-state index in [-0.39, 0.29) is 0 Å². The number of aromatic nitrogens is 1. The highest BCUT2D eigenvalue weighted by Crippen LogP contribution is 2.23. The monoisotopic (exact) mass is 262 g/mol. The Hall–Kier alpha value is -1.39. The van der Waals surface area contributed by atoms with Crippen molar-refractivity contribution in [1.82, 2.24) is 4.98 Å². The Labute approximate surface area is 112 Å². The number of rotatable bonds is 4. The van der Waals surface area contributed by atoms with Gasteiger partial charge >= 0.3 is 0 Å². The third-order valence-corrected chi connectivity index (χ3v) is 3.97. The van der Waals surface area contributed by atoms with Gasteiger partial charge < -0.3 is 10.5 Å². The lowest BCUT2D eigenvalue weighted by atomic mass is 10.1. The maximum atomic E-state index is 5.82. The molecule has 0 radical (unpaired) electrons. The molecule has 0 saturated carbocycles. The molecule has 0 bridgehead atoms. The molecule has 0 fully saturated rings. The molecule has 0 unspecified atom stereocenters. The van der Waals surface area contributed by atoms with E-state index in [2.05, 4.69) is 30.1 Å². The minimum Gasteiger partial charge on any atom is -0.486 e. The average Bonchev–Trinajstić information content (AvgIpc) is 2.71. The van der Waals surface area contributed by atoms with E-state index in [9.17, 15) is 0 Å². The molecule has 2 aromatic rings. The van der Waals surface area contributed by atoms with Crippen molar-refractivity contribution in [3.63, 3.8) is 0 Å². The van der Waals surface area contributed by atoms with Gasteiger partial charge in [0.2, 0.25) is 0 Å². The van der Waals surface area contributed by atoms with Crippen molar-refractivity contribution < 1.29 is 4.74 Å². The molecule has 18 heavy (non-hydrogen) atoms. The lowest BCUT2D eigenvalue weighted by Crippen LogP contribution is -1.97. The van der Waals surface area contributed by atoms with Crippen molar-refractivity contribution in [3.8, 4) is 5.75 Å². The van der Waals surface area contributed by atoms with Crippen LogP contribution in [-0.4, -0.2) is 4.98 Å². The highest BCUT2D eigenvalue weighted by atomic mass is 32.1. The summed E-state index contributed by atoms with van der Waals surface area (Å²) in [6, 6.07) is 6.21. The van der Waals surface area contributed by atoms with Crippen LogP contribution < -0.4 is 10.5 Å². The van der Waals surface area contributed by atoms with Crippen LogP contribution in [0.3, 0.4) is 0 Å². The summed E-state index contributed by atoms with van der Waals surface area (Å²) in [5, 5.41) is 0.980. The summed E-state index contributed by atoms with van der Waals surface area (Å²) in [5.74, 6) is 0.928. The van der Waals surface area contributed by atoms with Crippen LogP contribution in [0.2, 0.25) is 0 Å². The van der Waals surface area contributed by atoms with Gasteiger partial charge in [-0.2, -0.15) is 0 Å². The van der Waals surface area contributed by atoms with E-state index in [0.717, 1.165) is 26.9 Å². The Kier molecular flexibility index (Phi) is 3.99. The average molecular weight is 262 g/mol. The Bertz CT molecular complexity index is 549. The van der Waals surface area contributed by atoms with Crippen molar-refractivity contribution in [1.29, 1.82) is 0 Å². The van der Waals surface area contributed by atoms with Gasteiger partial charge in [0.05, 0.1) is 5.69 Å². The molecular weight excluding hydrogens is 244 g/mol. The van der Waals surface area contributed by atoms with E-state index in [1.807, 2.05) is 13.8 Å². The maximum Gasteiger partial charge on any atom is 0.140 e. The maximum absolute atomic E-state index is 5.82. The molecule has 1 aromatic carbocycles. The van der Waals surface area contributed by atoms with Crippen LogP contribution in [0.4, 0.5) is 0 Å². The summed E-state index contributed by atoms with van der Waals surface area (Å²) in [7, 11) is 0. The highest BCUT2D eigenvalue weighted by Gasteiger charge is 2.07. The first-order chi connectivity index (χ1) is 8.60. The van der Waals surface area contributed by atoms with E-state index in [1.54, 1.807) is 11.3 Å². The second-order valence-corrected chi connectivity index (χ2v) is 5.55. The van der Waals surface area contributed by atoms with E-state index < -0.39 is 0 Å². The first-order valence-electron chi connectivity index (χ1n) is 5.95. The molecule has 4 heteroatoms.